The molecule has 3 heterocycles. The summed E-state index contributed by atoms with van der Waals surface area (Å²) in [5.74, 6) is -3.27. The van der Waals surface area contributed by atoms with Crippen LogP contribution in [0.25, 0.3) is 0 Å². The third-order valence-corrected chi connectivity index (χ3v) is 6.07. The quantitative estimate of drug-likeness (QED) is 0.619. The van der Waals surface area contributed by atoms with Crippen LogP contribution in [0.15, 0.2) is 66.7 Å². The number of rotatable bonds is 4. The minimum atomic E-state index is -1.88. The van der Waals surface area contributed by atoms with Crippen LogP contribution in [0.1, 0.15) is 5.56 Å². The van der Waals surface area contributed by atoms with Crippen LogP contribution < -0.4 is 4.74 Å². The van der Waals surface area contributed by atoms with E-state index >= 15 is 0 Å². The molecule has 0 unspecified atom stereocenters. The molecule has 3 aliphatic heterocycles. The van der Waals surface area contributed by atoms with E-state index < -0.39 is 23.9 Å². The average Bonchev–Trinajstić information content (AvgIpc) is 2.95. The highest BCUT2D eigenvalue weighted by atomic mass is 19.1. The van der Waals surface area contributed by atoms with E-state index in [0.717, 1.165) is 17.7 Å². The number of esters is 2. The minimum Gasteiger partial charge on any atom is -0.487 e. The number of likely N-dealkylation sites (tertiary alicyclic amines) is 1. The Morgan fingerprint density at radius 3 is 2.29 bits per heavy atom. The Hall–Kier alpha value is -3.92. The molecular formula is C25H24FN3O6. The molecule has 9 nitrogen and oxygen atoms in total. The van der Waals surface area contributed by atoms with Gasteiger partial charge >= 0.3 is 23.9 Å². The van der Waals surface area contributed by atoms with E-state index in [1.165, 1.54) is 34.1 Å². The molecule has 1 spiro atoms. The largest absolute Gasteiger partial charge is 0.487 e. The lowest BCUT2D eigenvalue weighted by Gasteiger charge is -2.50. The summed E-state index contributed by atoms with van der Waals surface area (Å²) in [5.41, 5.74) is 1.04. The van der Waals surface area contributed by atoms with E-state index in [1.807, 2.05) is 35.2 Å². The molecule has 2 aromatic carbocycles. The second-order valence-electron chi connectivity index (χ2n) is 8.62. The van der Waals surface area contributed by atoms with Crippen molar-refractivity contribution in [2.45, 2.75) is 18.6 Å². The molecule has 2 aromatic rings. The number of piperazine rings is 1. The third kappa shape index (κ3) is 4.97. The molecule has 0 aliphatic carbocycles. The lowest BCUT2D eigenvalue weighted by Crippen LogP contribution is -2.71. The van der Waals surface area contributed by atoms with Crippen LogP contribution in [-0.4, -0.2) is 77.4 Å². The Morgan fingerprint density at radius 2 is 1.63 bits per heavy atom. The second kappa shape index (κ2) is 9.38. The van der Waals surface area contributed by atoms with Gasteiger partial charge in [-0.2, -0.15) is 0 Å². The van der Waals surface area contributed by atoms with Gasteiger partial charge in [-0.3, -0.25) is 4.90 Å². The first kappa shape index (κ1) is 22.9. The maximum Gasteiger partial charge on any atom is 0.359 e. The van der Waals surface area contributed by atoms with Crippen LogP contribution in [0.3, 0.4) is 0 Å². The number of halogens is 1. The molecule has 2 amide bonds. The van der Waals surface area contributed by atoms with Gasteiger partial charge in [0, 0.05) is 31.8 Å². The zero-order valence-corrected chi connectivity index (χ0v) is 18.8. The summed E-state index contributed by atoms with van der Waals surface area (Å²) in [6.45, 7) is 1.80. The molecule has 35 heavy (non-hydrogen) atoms. The first-order valence-electron chi connectivity index (χ1n) is 11.3. The molecule has 0 bridgehead atoms. The van der Waals surface area contributed by atoms with Crippen LogP contribution in [-0.2, 0) is 25.6 Å². The number of carbonyl (C=O) groups is 3. The summed E-state index contributed by atoms with van der Waals surface area (Å²) in [7, 11) is 0. The van der Waals surface area contributed by atoms with Gasteiger partial charge in [0.1, 0.15) is 17.7 Å². The van der Waals surface area contributed by atoms with Crippen LogP contribution in [0.2, 0.25) is 0 Å². The van der Waals surface area contributed by atoms with Crippen LogP contribution >= 0.6 is 0 Å². The zero-order valence-electron chi connectivity index (χ0n) is 18.8. The number of nitrogens with zero attached hydrogens (tertiary/aromatic N) is 3. The summed E-state index contributed by atoms with van der Waals surface area (Å²) >= 11 is 0. The second-order valence-corrected chi connectivity index (χ2v) is 8.62. The molecule has 3 aliphatic rings. The Morgan fingerprint density at radius 1 is 0.971 bits per heavy atom. The molecule has 2 saturated heterocycles. The Balaban J connectivity index is 1.29. The number of benzene rings is 2. The van der Waals surface area contributed by atoms with Crippen LogP contribution in [0.5, 0.6) is 5.75 Å². The topological polar surface area (TPSA) is 88.6 Å². The van der Waals surface area contributed by atoms with E-state index in [0.29, 0.717) is 18.8 Å². The van der Waals surface area contributed by atoms with E-state index in [4.69, 9.17) is 14.2 Å². The van der Waals surface area contributed by atoms with Gasteiger partial charge in [0.25, 0.3) is 0 Å². The maximum atomic E-state index is 13.4. The van der Waals surface area contributed by atoms with Gasteiger partial charge in [-0.25, -0.2) is 23.7 Å². The first-order valence-corrected chi connectivity index (χ1v) is 11.3. The van der Waals surface area contributed by atoms with Gasteiger partial charge in [-0.1, -0.05) is 30.3 Å². The summed E-state index contributed by atoms with van der Waals surface area (Å²) in [6.07, 6.45) is 1.72. The molecule has 0 aromatic heterocycles. The number of hydrogen-bond acceptors (Lipinski definition) is 7. The number of hydrogen-bond donors (Lipinski definition) is 0. The van der Waals surface area contributed by atoms with Gasteiger partial charge in [0.15, 0.2) is 0 Å². The highest BCUT2D eigenvalue weighted by Crippen LogP contribution is 2.31. The minimum absolute atomic E-state index is 0.0101. The van der Waals surface area contributed by atoms with Crippen molar-refractivity contribution in [3.63, 3.8) is 0 Å². The predicted octanol–water partition coefficient (Wildman–Crippen LogP) is 2.14. The lowest BCUT2D eigenvalue weighted by atomic mass is 10.1. The molecule has 0 radical (unpaired) electrons. The summed E-state index contributed by atoms with van der Waals surface area (Å²) in [4.78, 5) is 42.8. The van der Waals surface area contributed by atoms with Crippen molar-refractivity contribution >= 4 is 18.0 Å². The van der Waals surface area contributed by atoms with Crippen LogP contribution in [0.4, 0.5) is 9.18 Å². The molecule has 0 atom stereocenters. The van der Waals surface area contributed by atoms with Crippen molar-refractivity contribution in [2.24, 2.45) is 0 Å². The van der Waals surface area contributed by atoms with Crippen molar-refractivity contribution in [3.8, 4) is 5.75 Å². The number of carbonyl (C=O) groups excluding carboxylic acids is 3. The monoisotopic (exact) mass is 481 g/mol. The lowest BCUT2D eigenvalue weighted by molar-refractivity contribution is -0.288. The fourth-order valence-corrected chi connectivity index (χ4v) is 4.34. The van der Waals surface area contributed by atoms with E-state index in [1.54, 1.807) is 0 Å². The summed E-state index contributed by atoms with van der Waals surface area (Å²) in [6, 6.07) is 14.9. The normalized spacial score (nSPS) is 20.1. The smallest absolute Gasteiger partial charge is 0.359 e. The highest BCUT2D eigenvalue weighted by Gasteiger charge is 2.54. The summed E-state index contributed by atoms with van der Waals surface area (Å²) in [5, 5.41) is 0. The van der Waals surface area contributed by atoms with E-state index in [-0.39, 0.29) is 38.1 Å². The van der Waals surface area contributed by atoms with Gasteiger partial charge < -0.3 is 19.1 Å². The van der Waals surface area contributed by atoms with Crippen molar-refractivity contribution in [3.05, 3.63) is 78.1 Å². The molecule has 0 saturated carbocycles. The Labute approximate surface area is 201 Å². The first-order chi connectivity index (χ1) is 16.9. The van der Waals surface area contributed by atoms with Gasteiger partial charge in [0.05, 0.1) is 19.6 Å². The van der Waals surface area contributed by atoms with Gasteiger partial charge in [0.2, 0.25) is 0 Å². The standard InChI is InChI=1S/C25H24FN3O6/c26-19-6-8-20(9-7-19)33-21-15-28(16-21)24(32)29-13-12-27(14-18-4-2-1-3-5-18)17-25(29)34-22(30)10-11-23(31)35-25/h1-11,21H,12-17H2. The summed E-state index contributed by atoms with van der Waals surface area (Å²) < 4.78 is 30.0. The van der Waals surface area contributed by atoms with Crippen molar-refractivity contribution in [1.29, 1.82) is 0 Å². The number of amides is 2. The van der Waals surface area contributed by atoms with Crippen molar-refractivity contribution < 1.29 is 33.0 Å². The van der Waals surface area contributed by atoms with Crippen molar-refractivity contribution in [1.82, 2.24) is 14.7 Å². The predicted molar refractivity (Wildman–Crippen MR) is 120 cm³/mol. The molecule has 2 fully saturated rings. The molecule has 0 N–H and O–H groups in total. The van der Waals surface area contributed by atoms with E-state index in [2.05, 4.69) is 0 Å². The highest BCUT2D eigenvalue weighted by molar-refractivity contribution is 5.93. The zero-order chi connectivity index (χ0) is 24.4. The number of ether oxygens (including phenoxy) is 3. The fourth-order valence-electron chi connectivity index (χ4n) is 4.34. The van der Waals surface area contributed by atoms with Crippen molar-refractivity contribution in [2.75, 3.05) is 32.7 Å². The molecule has 5 rings (SSSR count). The number of urea groups is 1. The van der Waals surface area contributed by atoms with E-state index in [9.17, 15) is 18.8 Å². The molecular weight excluding hydrogens is 457 g/mol. The third-order valence-electron chi connectivity index (χ3n) is 6.07. The molecule has 182 valence electrons. The Kier molecular flexibility index (Phi) is 6.12. The van der Waals surface area contributed by atoms with Gasteiger partial charge in [-0.05, 0) is 29.8 Å². The SMILES string of the molecule is O=C1C=CC(=O)OC2(CN(Cc3ccccc3)CCN2C(=O)N2CC(Oc3ccc(F)cc3)C2)O1. The van der Waals surface area contributed by atoms with Gasteiger partial charge in [-0.15, -0.1) is 0 Å². The molecule has 10 heteroatoms. The average molecular weight is 481 g/mol. The fraction of sp³-hybridized carbons (Fsp3) is 0.320. The maximum absolute atomic E-state index is 13.4. The van der Waals surface area contributed by atoms with Crippen LogP contribution in [0, 0.1) is 5.82 Å². The Bertz CT molecular complexity index is 1110.